The molecule has 1 rings (SSSR count). The van der Waals surface area contributed by atoms with Gasteiger partial charge in [-0.1, -0.05) is 0 Å². The first-order valence-electron chi connectivity index (χ1n) is 5.02. The number of Topliss-reactive ketones (excluding diaryl/α,β-unsaturated/α-hetero) is 1. The fourth-order valence-corrected chi connectivity index (χ4v) is 1.25. The van der Waals surface area contributed by atoms with Gasteiger partial charge in [0.2, 0.25) is 0 Å². The first-order valence-corrected chi connectivity index (χ1v) is 5.02. The van der Waals surface area contributed by atoms with E-state index in [2.05, 4.69) is 4.98 Å². The van der Waals surface area contributed by atoms with Gasteiger partial charge in [-0.3, -0.25) is 9.78 Å². The minimum Gasteiger partial charge on any atom is -0.385 e. The Labute approximate surface area is 93.6 Å². The Morgan fingerprint density at radius 1 is 1.62 bits per heavy atom. The number of rotatable bonds is 6. The predicted octanol–water partition coefficient (Wildman–Crippen LogP) is 1.16. The summed E-state index contributed by atoms with van der Waals surface area (Å²) in [7, 11) is 1.58. The average molecular weight is 226 g/mol. The summed E-state index contributed by atoms with van der Waals surface area (Å²) in [5, 5.41) is 0. The highest BCUT2D eigenvalue weighted by Gasteiger charge is 2.12. The lowest BCUT2D eigenvalue weighted by atomic mass is 10.1. The first-order chi connectivity index (χ1) is 7.63. The maximum absolute atomic E-state index is 12.6. The van der Waals surface area contributed by atoms with Crippen LogP contribution < -0.4 is 5.73 Å². The third-order valence-corrected chi connectivity index (χ3v) is 2.15. The van der Waals surface area contributed by atoms with Gasteiger partial charge in [-0.2, -0.15) is 0 Å². The van der Waals surface area contributed by atoms with Gasteiger partial charge in [-0.15, -0.1) is 0 Å². The number of hydrogen-bond acceptors (Lipinski definition) is 4. The van der Waals surface area contributed by atoms with Crippen LogP contribution in [0.5, 0.6) is 0 Å². The summed E-state index contributed by atoms with van der Waals surface area (Å²) < 4.78 is 17.4. The normalized spacial score (nSPS) is 12.4. The largest absolute Gasteiger partial charge is 0.385 e. The second-order valence-electron chi connectivity index (χ2n) is 3.53. The summed E-state index contributed by atoms with van der Waals surface area (Å²) >= 11 is 0. The molecule has 0 amide bonds. The number of nitrogens with zero attached hydrogens (tertiary/aromatic N) is 1. The quantitative estimate of drug-likeness (QED) is 0.739. The molecule has 0 aliphatic rings. The molecule has 0 aliphatic carbocycles. The Morgan fingerprint density at radius 3 is 2.94 bits per heavy atom. The van der Waals surface area contributed by atoms with Gasteiger partial charge in [0.1, 0.15) is 11.5 Å². The molecule has 4 nitrogen and oxygen atoms in total. The number of halogens is 1. The third kappa shape index (κ3) is 4.04. The van der Waals surface area contributed by atoms with Gasteiger partial charge in [-0.25, -0.2) is 4.39 Å². The van der Waals surface area contributed by atoms with Crippen molar-refractivity contribution < 1.29 is 13.9 Å². The molecule has 5 heteroatoms. The highest BCUT2D eigenvalue weighted by atomic mass is 19.1. The minimum atomic E-state index is -0.458. The van der Waals surface area contributed by atoms with E-state index >= 15 is 0 Å². The third-order valence-electron chi connectivity index (χ3n) is 2.15. The second-order valence-corrected chi connectivity index (χ2v) is 3.53. The lowest BCUT2D eigenvalue weighted by molar-refractivity contribution is 0.0962. The number of aromatic nitrogens is 1. The lowest BCUT2D eigenvalue weighted by Gasteiger charge is -2.09. The van der Waals surface area contributed by atoms with E-state index in [9.17, 15) is 9.18 Å². The molecule has 2 N–H and O–H groups in total. The monoisotopic (exact) mass is 226 g/mol. The highest BCUT2D eigenvalue weighted by Crippen LogP contribution is 2.05. The van der Waals surface area contributed by atoms with Gasteiger partial charge in [0.15, 0.2) is 5.78 Å². The van der Waals surface area contributed by atoms with Crippen LogP contribution in [0.4, 0.5) is 4.39 Å². The predicted molar refractivity (Wildman–Crippen MR) is 57.6 cm³/mol. The van der Waals surface area contributed by atoms with E-state index in [1.807, 2.05) is 0 Å². The van der Waals surface area contributed by atoms with Crippen molar-refractivity contribution in [3.05, 3.63) is 29.8 Å². The molecular formula is C11H15FN2O2. The Balaban J connectivity index is 2.48. The molecule has 0 saturated heterocycles. The summed E-state index contributed by atoms with van der Waals surface area (Å²) in [6.07, 6.45) is 1.83. The molecule has 0 radical (unpaired) electrons. The SMILES string of the molecule is COCCC(N)CC(=O)c1ccc(F)cn1. The van der Waals surface area contributed by atoms with E-state index in [0.717, 1.165) is 6.20 Å². The van der Waals surface area contributed by atoms with Crippen LogP contribution in [-0.4, -0.2) is 30.5 Å². The Hall–Kier alpha value is -1.33. The van der Waals surface area contributed by atoms with Crippen LogP contribution in [0.3, 0.4) is 0 Å². The number of carbonyl (C=O) groups excluding carboxylic acids is 1. The molecule has 1 unspecified atom stereocenters. The number of ketones is 1. The molecule has 0 aliphatic heterocycles. The summed E-state index contributed by atoms with van der Waals surface area (Å²) in [5.41, 5.74) is 5.97. The Bertz CT molecular complexity index is 340. The molecule has 0 saturated carbocycles. The zero-order valence-electron chi connectivity index (χ0n) is 9.15. The van der Waals surface area contributed by atoms with Crippen molar-refractivity contribution in [1.29, 1.82) is 0 Å². The summed E-state index contributed by atoms with van der Waals surface area (Å²) in [5.74, 6) is -0.635. The van der Waals surface area contributed by atoms with E-state index in [1.165, 1.54) is 12.1 Å². The van der Waals surface area contributed by atoms with Crippen LogP contribution in [0.25, 0.3) is 0 Å². The van der Waals surface area contributed by atoms with Crippen LogP contribution in [0.15, 0.2) is 18.3 Å². The Morgan fingerprint density at radius 2 is 2.38 bits per heavy atom. The van der Waals surface area contributed by atoms with Gasteiger partial charge in [0.25, 0.3) is 0 Å². The van der Waals surface area contributed by atoms with Crippen LogP contribution in [-0.2, 0) is 4.74 Å². The molecule has 0 aromatic carbocycles. The van der Waals surface area contributed by atoms with Crippen LogP contribution in [0, 0.1) is 5.82 Å². The van der Waals surface area contributed by atoms with Gasteiger partial charge in [-0.05, 0) is 18.6 Å². The fourth-order valence-electron chi connectivity index (χ4n) is 1.25. The van der Waals surface area contributed by atoms with Crippen molar-refractivity contribution in [3.63, 3.8) is 0 Å². The van der Waals surface area contributed by atoms with Crippen LogP contribution >= 0.6 is 0 Å². The average Bonchev–Trinajstić information content (AvgIpc) is 2.27. The Kier molecular flexibility index (Phi) is 5.01. The summed E-state index contributed by atoms with van der Waals surface area (Å²) in [6.45, 7) is 0.519. The van der Waals surface area contributed by atoms with E-state index in [4.69, 9.17) is 10.5 Å². The van der Waals surface area contributed by atoms with Crippen molar-refractivity contribution >= 4 is 5.78 Å². The summed E-state index contributed by atoms with van der Waals surface area (Å²) in [4.78, 5) is 15.3. The topological polar surface area (TPSA) is 65.2 Å². The fraction of sp³-hybridized carbons (Fsp3) is 0.455. The van der Waals surface area contributed by atoms with Crippen molar-refractivity contribution in [2.24, 2.45) is 5.73 Å². The van der Waals surface area contributed by atoms with Crippen molar-refractivity contribution in [1.82, 2.24) is 4.98 Å². The van der Waals surface area contributed by atoms with Crippen molar-refractivity contribution in [3.8, 4) is 0 Å². The summed E-state index contributed by atoms with van der Waals surface area (Å²) in [6, 6.07) is 2.32. The van der Waals surface area contributed by atoms with Gasteiger partial charge in [0, 0.05) is 26.2 Å². The van der Waals surface area contributed by atoms with Crippen LogP contribution in [0.1, 0.15) is 23.3 Å². The first kappa shape index (κ1) is 12.7. The lowest BCUT2D eigenvalue weighted by Crippen LogP contribution is -2.25. The number of nitrogens with two attached hydrogens (primary N) is 1. The molecule has 0 spiro atoms. The number of ether oxygens (including phenoxy) is 1. The molecule has 1 aromatic heterocycles. The zero-order chi connectivity index (χ0) is 12.0. The van der Waals surface area contributed by atoms with Gasteiger partial charge in [0.05, 0.1) is 6.20 Å². The molecule has 1 atom stereocenters. The van der Waals surface area contributed by atoms with E-state index in [1.54, 1.807) is 7.11 Å². The second kappa shape index (κ2) is 6.30. The smallest absolute Gasteiger partial charge is 0.182 e. The van der Waals surface area contributed by atoms with E-state index < -0.39 is 5.82 Å². The van der Waals surface area contributed by atoms with Crippen LogP contribution in [0.2, 0.25) is 0 Å². The molecule has 1 heterocycles. The molecule has 1 aromatic rings. The standard InChI is InChI=1S/C11H15FN2O2/c1-16-5-4-9(13)6-11(15)10-3-2-8(12)7-14-10/h2-3,7,9H,4-6,13H2,1H3. The maximum Gasteiger partial charge on any atom is 0.182 e. The van der Waals surface area contributed by atoms with E-state index in [0.29, 0.717) is 13.0 Å². The van der Waals surface area contributed by atoms with Crippen molar-refractivity contribution in [2.45, 2.75) is 18.9 Å². The van der Waals surface area contributed by atoms with Gasteiger partial charge < -0.3 is 10.5 Å². The highest BCUT2D eigenvalue weighted by molar-refractivity contribution is 5.94. The number of pyridine rings is 1. The van der Waals surface area contributed by atoms with Crippen molar-refractivity contribution in [2.75, 3.05) is 13.7 Å². The maximum atomic E-state index is 12.6. The number of carbonyl (C=O) groups is 1. The number of hydrogen-bond donors (Lipinski definition) is 1. The zero-order valence-corrected chi connectivity index (χ0v) is 9.15. The minimum absolute atomic E-state index is 0.177. The number of methoxy groups -OCH3 is 1. The molecule has 16 heavy (non-hydrogen) atoms. The molecule has 0 fully saturated rings. The van der Waals surface area contributed by atoms with Gasteiger partial charge >= 0.3 is 0 Å². The molecular weight excluding hydrogens is 211 g/mol. The van der Waals surface area contributed by atoms with E-state index in [-0.39, 0.29) is 23.9 Å². The molecule has 0 bridgehead atoms. The molecule has 88 valence electrons.